The zero-order valence-corrected chi connectivity index (χ0v) is 24.9. The number of aliphatic hydroxyl groups excluding tert-OH is 1. The molecule has 4 heterocycles. The fourth-order valence-corrected chi connectivity index (χ4v) is 7.12. The molecule has 0 saturated carbocycles. The molecule has 43 heavy (non-hydrogen) atoms. The fraction of sp³-hybridized carbons (Fsp3) is 0.441. The first kappa shape index (κ1) is 29.1. The van der Waals surface area contributed by atoms with E-state index in [0.717, 1.165) is 16.8 Å². The van der Waals surface area contributed by atoms with Crippen LogP contribution in [0.25, 0.3) is 0 Å². The number of rotatable bonds is 8. The lowest BCUT2D eigenvalue weighted by Crippen LogP contribution is -2.55. The van der Waals surface area contributed by atoms with Crippen molar-refractivity contribution in [2.45, 2.75) is 51.4 Å². The Hall–Kier alpha value is -3.95. The molecule has 4 aliphatic heterocycles. The van der Waals surface area contributed by atoms with Crippen molar-refractivity contribution < 1.29 is 29.0 Å². The van der Waals surface area contributed by atoms with Crippen LogP contribution in [0.4, 0.5) is 11.4 Å². The summed E-state index contributed by atoms with van der Waals surface area (Å²) in [5, 5.41) is 9.47. The zero-order chi connectivity index (χ0) is 30.3. The lowest BCUT2D eigenvalue weighted by Gasteiger charge is -2.35. The minimum atomic E-state index is -1.29. The summed E-state index contributed by atoms with van der Waals surface area (Å²) in [6.07, 6.45) is 7.92. The molecule has 1 unspecified atom stereocenters. The van der Waals surface area contributed by atoms with Crippen LogP contribution in [0.1, 0.15) is 30.9 Å². The molecule has 9 nitrogen and oxygen atoms in total. The Morgan fingerprint density at radius 1 is 0.953 bits per heavy atom. The minimum Gasteiger partial charge on any atom is -0.494 e. The molecular formula is C34H39N3O6. The largest absolute Gasteiger partial charge is 0.494 e. The van der Waals surface area contributed by atoms with Gasteiger partial charge in [0.25, 0.3) is 5.91 Å². The average molecular weight is 586 g/mol. The summed E-state index contributed by atoms with van der Waals surface area (Å²) >= 11 is 0. The number of ether oxygens (including phenoxy) is 2. The number of nitrogens with zero attached hydrogens (tertiary/aromatic N) is 3. The number of benzene rings is 2. The average Bonchev–Trinajstić information content (AvgIpc) is 3.30. The molecule has 0 radical (unpaired) electrons. The molecule has 1 N–H and O–H groups in total. The van der Waals surface area contributed by atoms with Crippen LogP contribution in [-0.4, -0.2) is 78.3 Å². The van der Waals surface area contributed by atoms with Gasteiger partial charge in [0.05, 0.1) is 24.5 Å². The van der Waals surface area contributed by atoms with Crippen molar-refractivity contribution in [1.29, 1.82) is 0 Å². The molecule has 5 atom stereocenters. The van der Waals surface area contributed by atoms with Crippen LogP contribution in [0, 0.1) is 25.7 Å². The van der Waals surface area contributed by atoms with Crippen molar-refractivity contribution in [3.63, 3.8) is 0 Å². The van der Waals surface area contributed by atoms with Crippen LogP contribution in [0.3, 0.4) is 0 Å². The Morgan fingerprint density at radius 2 is 1.72 bits per heavy atom. The van der Waals surface area contributed by atoms with Gasteiger partial charge in [0, 0.05) is 37.6 Å². The number of hydrogen-bond acceptors (Lipinski definition) is 6. The summed E-state index contributed by atoms with van der Waals surface area (Å²) in [5.74, 6) is -1.64. The van der Waals surface area contributed by atoms with E-state index < -0.39 is 29.6 Å². The topological polar surface area (TPSA) is 99.6 Å². The summed E-state index contributed by atoms with van der Waals surface area (Å²) in [7, 11) is 0. The maximum absolute atomic E-state index is 14.6. The molecular weight excluding hydrogens is 546 g/mol. The number of likely N-dealkylation sites (tertiary alicyclic amines) is 1. The van der Waals surface area contributed by atoms with E-state index in [9.17, 15) is 19.5 Å². The first-order chi connectivity index (χ1) is 20.8. The maximum atomic E-state index is 14.6. The van der Waals surface area contributed by atoms with Crippen LogP contribution in [0.5, 0.6) is 5.75 Å². The molecule has 9 heteroatoms. The second-order valence-electron chi connectivity index (χ2n) is 11.7. The summed E-state index contributed by atoms with van der Waals surface area (Å²) in [6, 6.07) is 12.4. The molecule has 0 bridgehead atoms. The summed E-state index contributed by atoms with van der Waals surface area (Å²) in [6.45, 7) is 7.36. The molecule has 2 fully saturated rings. The van der Waals surface area contributed by atoms with E-state index in [2.05, 4.69) is 0 Å². The molecule has 1 spiro atoms. The fourth-order valence-electron chi connectivity index (χ4n) is 7.12. The SMILES string of the molecule is CCOc1ccc(N2CC=C[C@H]3O[C@]45C=CCN(c6cc(C)ccc6C)C(=O)C4N(CCCCO)C(=O)[C@@H]5[C@H]3C2=O)cc1. The van der Waals surface area contributed by atoms with Crippen LogP contribution >= 0.6 is 0 Å². The lowest BCUT2D eigenvalue weighted by molar-refractivity contribution is -0.140. The number of aliphatic hydroxyl groups is 1. The van der Waals surface area contributed by atoms with E-state index in [0.29, 0.717) is 44.0 Å². The van der Waals surface area contributed by atoms with Gasteiger partial charge in [0.1, 0.15) is 17.4 Å². The van der Waals surface area contributed by atoms with Gasteiger partial charge in [0.2, 0.25) is 11.8 Å². The number of amides is 3. The Balaban J connectivity index is 1.40. The molecule has 2 aromatic carbocycles. The van der Waals surface area contributed by atoms with E-state index in [1.807, 2.05) is 87.5 Å². The zero-order valence-electron chi connectivity index (χ0n) is 24.9. The van der Waals surface area contributed by atoms with Gasteiger partial charge in [-0.15, -0.1) is 0 Å². The predicted molar refractivity (Wildman–Crippen MR) is 163 cm³/mol. The van der Waals surface area contributed by atoms with Crippen LogP contribution in [-0.2, 0) is 19.1 Å². The first-order valence-corrected chi connectivity index (χ1v) is 15.2. The Bertz CT molecular complexity index is 1470. The normalized spacial score (nSPS) is 28.1. The molecule has 226 valence electrons. The summed E-state index contributed by atoms with van der Waals surface area (Å²) in [4.78, 5) is 48.4. The highest BCUT2D eigenvalue weighted by atomic mass is 16.5. The van der Waals surface area contributed by atoms with Crippen molar-refractivity contribution in [3.8, 4) is 5.75 Å². The van der Waals surface area contributed by atoms with Crippen molar-refractivity contribution >= 4 is 29.1 Å². The minimum absolute atomic E-state index is 0.00868. The third-order valence-corrected chi connectivity index (χ3v) is 9.08. The lowest BCUT2D eigenvalue weighted by atomic mass is 9.77. The summed E-state index contributed by atoms with van der Waals surface area (Å²) in [5.41, 5.74) is 2.19. The summed E-state index contributed by atoms with van der Waals surface area (Å²) < 4.78 is 12.3. The molecule has 2 saturated heterocycles. The van der Waals surface area contributed by atoms with Gasteiger partial charge in [-0.3, -0.25) is 14.4 Å². The van der Waals surface area contributed by atoms with Gasteiger partial charge in [-0.25, -0.2) is 0 Å². The third kappa shape index (κ3) is 4.84. The number of carbonyl (C=O) groups excluding carboxylic acids is 3. The molecule has 6 rings (SSSR count). The smallest absolute Gasteiger partial charge is 0.253 e. The number of fused-ring (bicyclic) bond motifs is 2. The highest BCUT2D eigenvalue weighted by Gasteiger charge is 2.71. The number of hydrogen-bond donors (Lipinski definition) is 1. The van der Waals surface area contributed by atoms with E-state index in [-0.39, 0.29) is 30.9 Å². The van der Waals surface area contributed by atoms with Gasteiger partial charge in [-0.1, -0.05) is 36.4 Å². The third-order valence-electron chi connectivity index (χ3n) is 9.08. The van der Waals surface area contributed by atoms with Gasteiger partial charge in [-0.05, 0) is 75.1 Å². The highest BCUT2D eigenvalue weighted by molar-refractivity contribution is 6.07. The second-order valence-corrected chi connectivity index (χ2v) is 11.7. The molecule has 3 amide bonds. The molecule has 4 aliphatic rings. The number of aryl methyl sites for hydroxylation is 2. The first-order valence-electron chi connectivity index (χ1n) is 15.2. The van der Waals surface area contributed by atoms with E-state index >= 15 is 0 Å². The van der Waals surface area contributed by atoms with Crippen molar-refractivity contribution in [2.75, 3.05) is 42.6 Å². The van der Waals surface area contributed by atoms with E-state index in [4.69, 9.17) is 9.47 Å². The van der Waals surface area contributed by atoms with Crippen molar-refractivity contribution in [1.82, 2.24) is 4.90 Å². The monoisotopic (exact) mass is 585 g/mol. The van der Waals surface area contributed by atoms with Crippen LogP contribution < -0.4 is 14.5 Å². The molecule has 0 aromatic heterocycles. The van der Waals surface area contributed by atoms with Gasteiger partial charge in [0.15, 0.2) is 0 Å². The Morgan fingerprint density at radius 3 is 2.47 bits per heavy atom. The maximum Gasteiger partial charge on any atom is 0.253 e. The molecule has 2 aromatic rings. The Labute approximate surface area is 252 Å². The predicted octanol–water partition coefficient (Wildman–Crippen LogP) is 3.56. The number of carbonyl (C=O) groups is 3. The van der Waals surface area contributed by atoms with Crippen LogP contribution in [0.2, 0.25) is 0 Å². The highest BCUT2D eigenvalue weighted by Crippen LogP contribution is 2.54. The quantitative estimate of drug-likeness (QED) is 0.376. The van der Waals surface area contributed by atoms with Gasteiger partial charge in [-0.2, -0.15) is 0 Å². The van der Waals surface area contributed by atoms with Gasteiger partial charge >= 0.3 is 0 Å². The van der Waals surface area contributed by atoms with Crippen LogP contribution in [0.15, 0.2) is 66.8 Å². The second kappa shape index (κ2) is 11.6. The van der Waals surface area contributed by atoms with E-state index in [1.54, 1.807) is 14.7 Å². The van der Waals surface area contributed by atoms with Crippen molar-refractivity contribution in [2.24, 2.45) is 11.8 Å². The number of unbranched alkanes of at least 4 members (excludes halogenated alkanes) is 1. The van der Waals surface area contributed by atoms with Gasteiger partial charge < -0.3 is 29.3 Å². The number of anilines is 2. The van der Waals surface area contributed by atoms with E-state index in [1.165, 1.54) is 0 Å². The Kier molecular flexibility index (Phi) is 7.87. The molecule has 0 aliphatic carbocycles. The van der Waals surface area contributed by atoms with Crippen molar-refractivity contribution in [3.05, 3.63) is 77.9 Å². The standard InChI is InChI=1S/C34H39N3O6/c1-4-42-25-14-12-24(13-15-25)35-18-7-9-27-28(31(35)39)29-32(40)37(17-5-6-20-38)30-33(41)36(19-8-16-34(29,30)43-27)26-21-22(2)10-11-23(26)3/h7-16,21,27-30,38H,4-6,17-20H2,1-3H3/t27-,28+,29+,30?,34+/m1/s1.